The van der Waals surface area contributed by atoms with Crippen LogP contribution < -0.4 is 0 Å². The molecule has 0 aromatic heterocycles. The van der Waals surface area contributed by atoms with Gasteiger partial charge in [-0.1, -0.05) is 78.1 Å². The van der Waals surface area contributed by atoms with Crippen LogP contribution in [0.5, 0.6) is 0 Å². The number of carbonyl (C=O) groups is 1. The van der Waals surface area contributed by atoms with Crippen molar-refractivity contribution in [2.75, 3.05) is 33.4 Å². The van der Waals surface area contributed by atoms with Crippen LogP contribution in [0, 0.1) is 5.92 Å². The molecule has 1 N–H and O–H groups in total. The third-order valence-corrected chi connectivity index (χ3v) is 5.77. The zero-order valence-corrected chi connectivity index (χ0v) is 19.9. The van der Waals surface area contributed by atoms with Gasteiger partial charge in [0.25, 0.3) is 0 Å². The van der Waals surface area contributed by atoms with Crippen LogP contribution in [0.15, 0.2) is 0 Å². The first-order chi connectivity index (χ1) is 14.2. The number of esters is 1. The summed E-state index contributed by atoms with van der Waals surface area (Å²) in [5.74, 6) is 0.158. The van der Waals surface area contributed by atoms with Gasteiger partial charge in [0, 0.05) is 6.61 Å². The molecule has 4 nitrogen and oxygen atoms in total. The summed E-state index contributed by atoms with van der Waals surface area (Å²) in [6.45, 7) is 7.37. The van der Waals surface area contributed by atoms with Crippen molar-refractivity contribution in [2.45, 2.75) is 117 Å². The maximum atomic E-state index is 12.6. The highest BCUT2D eigenvalue weighted by Gasteiger charge is 2.19. The van der Waals surface area contributed by atoms with Crippen molar-refractivity contribution in [3.05, 3.63) is 0 Å². The molecule has 0 amide bonds. The summed E-state index contributed by atoms with van der Waals surface area (Å²) in [5.41, 5.74) is 0. The highest BCUT2D eigenvalue weighted by atomic mass is 16.5. The van der Waals surface area contributed by atoms with Gasteiger partial charge in [0.05, 0.1) is 12.5 Å². The Balaban J connectivity index is 4.00. The molecule has 0 radical (unpaired) electrons. The van der Waals surface area contributed by atoms with Gasteiger partial charge in [0.2, 0.25) is 0 Å². The first-order valence-corrected chi connectivity index (χ1v) is 12.6. The van der Waals surface area contributed by atoms with E-state index in [-0.39, 0.29) is 18.5 Å². The lowest BCUT2D eigenvalue weighted by molar-refractivity contribution is -0.149. The summed E-state index contributed by atoms with van der Waals surface area (Å²) in [4.78, 5) is 14.9. The van der Waals surface area contributed by atoms with Crippen molar-refractivity contribution in [3.8, 4) is 0 Å². The molecular formula is C25H51NO3. The van der Waals surface area contributed by atoms with E-state index >= 15 is 0 Å². The van der Waals surface area contributed by atoms with E-state index in [4.69, 9.17) is 9.84 Å². The van der Waals surface area contributed by atoms with Crippen molar-refractivity contribution < 1.29 is 14.6 Å². The molecule has 0 bridgehead atoms. The molecule has 0 spiro atoms. The molecule has 0 aliphatic carbocycles. The molecule has 0 heterocycles. The van der Waals surface area contributed by atoms with E-state index in [2.05, 4.69) is 25.8 Å². The molecule has 0 aliphatic rings. The number of ether oxygens (including phenoxy) is 1. The van der Waals surface area contributed by atoms with Crippen LogP contribution >= 0.6 is 0 Å². The number of rotatable bonds is 22. The highest BCUT2D eigenvalue weighted by molar-refractivity contribution is 5.72. The first-order valence-electron chi connectivity index (χ1n) is 12.6. The molecule has 4 heteroatoms. The van der Waals surface area contributed by atoms with Crippen LogP contribution in [-0.4, -0.2) is 49.3 Å². The summed E-state index contributed by atoms with van der Waals surface area (Å²) < 4.78 is 5.65. The minimum atomic E-state index is 0.0476. The van der Waals surface area contributed by atoms with Gasteiger partial charge in [-0.3, -0.25) is 4.79 Å². The maximum Gasteiger partial charge on any atom is 0.308 e. The minimum Gasteiger partial charge on any atom is -0.465 e. The fraction of sp³-hybridized carbons (Fsp3) is 0.960. The number of unbranched alkanes of at least 4 members (excludes halogenated alkanes) is 10. The van der Waals surface area contributed by atoms with Gasteiger partial charge in [0.1, 0.15) is 0 Å². The average molecular weight is 414 g/mol. The molecule has 0 rings (SSSR count). The quantitative estimate of drug-likeness (QED) is 0.166. The Hall–Kier alpha value is -0.610. The average Bonchev–Trinajstić information content (AvgIpc) is 2.71. The number of nitrogens with zero attached hydrogens (tertiary/aromatic N) is 1. The minimum absolute atomic E-state index is 0.0476. The monoisotopic (exact) mass is 413 g/mol. The zero-order chi connectivity index (χ0) is 21.6. The van der Waals surface area contributed by atoms with Crippen molar-refractivity contribution in [1.29, 1.82) is 0 Å². The van der Waals surface area contributed by atoms with Crippen molar-refractivity contribution in [1.82, 2.24) is 4.90 Å². The standard InChI is InChI=1S/C25H51NO3/c1-4-6-8-10-11-13-19-24(18-12-9-7-5-2)25(28)29-23-17-15-21-26(3)20-14-16-22-27/h24,27H,4-23H2,1-3H3. The molecule has 1 atom stereocenters. The van der Waals surface area contributed by atoms with Gasteiger partial charge >= 0.3 is 5.97 Å². The normalized spacial score (nSPS) is 12.4. The van der Waals surface area contributed by atoms with E-state index < -0.39 is 0 Å². The van der Waals surface area contributed by atoms with Crippen LogP contribution in [-0.2, 0) is 9.53 Å². The molecule has 1 unspecified atom stereocenters. The van der Waals surface area contributed by atoms with Gasteiger partial charge in [-0.2, -0.15) is 0 Å². The Morgan fingerprint density at radius 1 is 0.759 bits per heavy atom. The number of aliphatic hydroxyl groups is 1. The molecule has 0 saturated carbocycles. The van der Waals surface area contributed by atoms with Crippen molar-refractivity contribution in [3.63, 3.8) is 0 Å². The SMILES string of the molecule is CCCCCCCCC(CCCCCC)C(=O)OCCCCN(C)CCCCO. The lowest BCUT2D eigenvalue weighted by Crippen LogP contribution is -2.22. The smallest absolute Gasteiger partial charge is 0.308 e. The molecule has 0 fully saturated rings. The maximum absolute atomic E-state index is 12.6. The topological polar surface area (TPSA) is 49.8 Å². The van der Waals surface area contributed by atoms with Crippen LogP contribution in [0.25, 0.3) is 0 Å². The Labute approximate surface area is 181 Å². The molecule has 0 aliphatic heterocycles. The summed E-state index contributed by atoms with van der Waals surface area (Å²) in [6.07, 6.45) is 18.5. The third kappa shape index (κ3) is 19.1. The van der Waals surface area contributed by atoms with Crippen LogP contribution in [0.4, 0.5) is 0 Å². The largest absolute Gasteiger partial charge is 0.465 e. The van der Waals surface area contributed by atoms with Gasteiger partial charge in [-0.15, -0.1) is 0 Å². The van der Waals surface area contributed by atoms with Crippen molar-refractivity contribution >= 4 is 5.97 Å². The van der Waals surface area contributed by atoms with Gasteiger partial charge in [-0.05, 0) is 58.7 Å². The predicted molar refractivity (Wildman–Crippen MR) is 124 cm³/mol. The Bertz CT molecular complexity index is 349. The molecule has 0 aromatic rings. The zero-order valence-electron chi connectivity index (χ0n) is 19.9. The molecule has 0 saturated heterocycles. The Kier molecular flexibility index (Phi) is 21.6. The third-order valence-electron chi connectivity index (χ3n) is 5.77. The Morgan fingerprint density at radius 2 is 1.28 bits per heavy atom. The van der Waals surface area contributed by atoms with E-state index in [1.54, 1.807) is 0 Å². The fourth-order valence-electron chi connectivity index (χ4n) is 3.75. The predicted octanol–water partition coefficient (Wildman–Crippen LogP) is 6.35. The number of carbonyl (C=O) groups excluding carboxylic acids is 1. The molecule has 29 heavy (non-hydrogen) atoms. The van der Waals surface area contributed by atoms with Gasteiger partial charge < -0.3 is 14.7 Å². The summed E-state index contributed by atoms with van der Waals surface area (Å²) in [6, 6.07) is 0. The summed E-state index contributed by atoms with van der Waals surface area (Å²) in [5, 5.41) is 8.84. The van der Waals surface area contributed by atoms with Gasteiger partial charge in [-0.25, -0.2) is 0 Å². The second-order valence-electron chi connectivity index (χ2n) is 8.71. The Morgan fingerprint density at radius 3 is 1.86 bits per heavy atom. The van der Waals surface area contributed by atoms with E-state index in [9.17, 15) is 4.79 Å². The van der Waals surface area contributed by atoms with Gasteiger partial charge in [0.15, 0.2) is 0 Å². The highest BCUT2D eigenvalue weighted by Crippen LogP contribution is 2.20. The van der Waals surface area contributed by atoms with Crippen molar-refractivity contribution in [2.24, 2.45) is 5.92 Å². The summed E-state index contributed by atoms with van der Waals surface area (Å²) in [7, 11) is 2.12. The summed E-state index contributed by atoms with van der Waals surface area (Å²) >= 11 is 0. The molecule has 174 valence electrons. The lowest BCUT2D eigenvalue weighted by atomic mass is 9.94. The molecular weight excluding hydrogens is 362 g/mol. The lowest BCUT2D eigenvalue weighted by Gasteiger charge is -2.17. The second kappa shape index (κ2) is 22.1. The van der Waals surface area contributed by atoms with E-state index in [0.29, 0.717) is 6.61 Å². The number of aliphatic hydroxyl groups excluding tert-OH is 1. The molecule has 0 aromatic carbocycles. The van der Waals surface area contributed by atoms with Crippen LogP contribution in [0.3, 0.4) is 0 Å². The van der Waals surface area contributed by atoms with Crippen LogP contribution in [0.1, 0.15) is 117 Å². The van der Waals surface area contributed by atoms with E-state index in [1.165, 1.54) is 51.4 Å². The van der Waals surface area contributed by atoms with Crippen LogP contribution in [0.2, 0.25) is 0 Å². The number of hydrogen-bond donors (Lipinski definition) is 1. The first kappa shape index (κ1) is 28.4. The second-order valence-corrected chi connectivity index (χ2v) is 8.71. The van der Waals surface area contributed by atoms with E-state index in [1.807, 2.05) is 0 Å². The fourth-order valence-corrected chi connectivity index (χ4v) is 3.75. The van der Waals surface area contributed by atoms with E-state index in [0.717, 1.165) is 64.5 Å². The number of hydrogen-bond acceptors (Lipinski definition) is 4.